The molecule has 4 nitrogen and oxygen atoms in total. The Morgan fingerprint density at radius 2 is 2.06 bits per heavy atom. The first-order chi connectivity index (χ1) is 7.99. The molecule has 0 saturated carbocycles. The summed E-state index contributed by atoms with van der Waals surface area (Å²) in [4.78, 5) is 0. The molecule has 0 aliphatic rings. The van der Waals surface area contributed by atoms with E-state index in [9.17, 15) is 4.57 Å². The van der Waals surface area contributed by atoms with Crippen LogP contribution in [0.4, 0.5) is 0 Å². The quantitative estimate of drug-likeness (QED) is 0.269. The molecule has 0 radical (unpaired) electrons. The zero-order chi connectivity index (χ0) is 13.1. The lowest BCUT2D eigenvalue weighted by atomic mass is 10.4. The average molecular weight is 301 g/mol. The van der Waals surface area contributed by atoms with Crippen LogP contribution in [0.15, 0.2) is 12.7 Å². The van der Waals surface area contributed by atoms with Gasteiger partial charge in [0, 0.05) is 0 Å². The lowest BCUT2D eigenvalue weighted by Crippen LogP contribution is -2.24. The second-order valence-electron chi connectivity index (χ2n) is 3.01. The number of terminal acetylenes is 1. The maximum absolute atomic E-state index is 11.1. The van der Waals surface area contributed by atoms with Crippen LogP contribution < -0.4 is 0 Å². The van der Waals surface area contributed by atoms with Crippen molar-refractivity contribution in [3.63, 3.8) is 0 Å². The molecule has 0 aromatic heterocycles. The van der Waals surface area contributed by atoms with Crippen molar-refractivity contribution in [3.05, 3.63) is 12.7 Å². The highest BCUT2D eigenvalue weighted by Gasteiger charge is 2.22. The molecule has 0 aromatic carbocycles. The van der Waals surface area contributed by atoms with Gasteiger partial charge in [-0.25, -0.2) is 0 Å². The number of halogens is 2. The summed E-state index contributed by atoms with van der Waals surface area (Å²) in [7, 11) is 0. The number of ether oxygens (including phenoxy) is 2. The highest BCUT2D eigenvalue weighted by Crippen LogP contribution is 2.58. The van der Waals surface area contributed by atoms with Gasteiger partial charge in [-0.15, -0.1) is 13.0 Å². The van der Waals surface area contributed by atoms with E-state index in [0.29, 0.717) is 13.0 Å². The van der Waals surface area contributed by atoms with Crippen molar-refractivity contribution in [2.45, 2.75) is 12.5 Å². The summed E-state index contributed by atoms with van der Waals surface area (Å²) < 4.78 is 26.3. The van der Waals surface area contributed by atoms with Crippen LogP contribution in [0, 0.1) is 12.3 Å². The molecule has 0 aliphatic carbocycles. The molecule has 98 valence electrons. The second-order valence-corrected chi connectivity index (χ2v) is 7.24. The Hall–Kier alpha value is -0.0100. The molecule has 1 atom stereocenters. The smallest absolute Gasteiger partial charge is 0.378 e. The van der Waals surface area contributed by atoms with E-state index in [1.54, 1.807) is 6.08 Å². The molecule has 0 fully saturated rings. The first kappa shape index (κ1) is 17.0. The van der Waals surface area contributed by atoms with E-state index in [0.717, 1.165) is 0 Å². The minimum absolute atomic E-state index is 0.113. The van der Waals surface area contributed by atoms with Gasteiger partial charge < -0.3 is 9.47 Å². The first-order valence-electron chi connectivity index (χ1n) is 4.87. The van der Waals surface area contributed by atoms with Crippen molar-refractivity contribution in [1.29, 1.82) is 0 Å². The van der Waals surface area contributed by atoms with Gasteiger partial charge in [0.15, 0.2) is 0 Å². The lowest BCUT2D eigenvalue weighted by molar-refractivity contribution is 0.00617. The Bertz CT molecular complexity index is 297. The van der Waals surface area contributed by atoms with Crippen LogP contribution in [0.3, 0.4) is 0 Å². The lowest BCUT2D eigenvalue weighted by Gasteiger charge is -2.17. The van der Waals surface area contributed by atoms with Gasteiger partial charge in [0.2, 0.25) is 0 Å². The molecule has 17 heavy (non-hydrogen) atoms. The van der Waals surface area contributed by atoms with Crippen LogP contribution >= 0.6 is 28.6 Å². The third-order valence-electron chi connectivity index (χ3n) is 1.53. The van der Waals surface area contributed by atoms with E-state index in [-0.39, 0.29) is 19.8 Å². The van der Waals surface area contributed by atoms with Crippen molar-refractivity contribution in [1.82, 2.24) is 0 Å². The fourth-order valence-corrected chi connectivity index (χ4v) is 2.06. The third kappa shape index (κ3) is 12.2. The van der Waals surface area contributed by atoms with E-state index in [1.165, 1.54) is 0 Å². The van der Waals surface area contributed by atoms with E-state index in [2.05, 4.69) is 12.5 Å². The summed E-state index contributed by atoms with van der Waals surface area (Å²) in [5.41, 5.74) is 0. The molecular formula is C10H15Cl2O4P. The van der Waals surface area contributed by atoms with Crippen LogP contribution in [0.1, 0.15) is 6.42 Å². The molecule has 0 aromatic rings. The van der Waals surface area contributed by atoms with Crippen LogP contribution in [0.2, 0.25) is 0 Å². The molecule has 0 bridgehead atoms. The van der Waals surface area contributed by atoms with E-state index in [1.807, 2.05) is 0 Å². The van der Waals surface area contributed by atoms with Crippen LogP contribution in [0.5, 0.6) is 0 Å². The molecular weight excluding hydrogens is 286 g/mol. The Labute approximate surface area is 111 Å². The molecule has 0 rings (SSSR count). The molecule has 0 amide bonds. The monoisotopic (exact) mass is 300 g/mol. The van der Waals surface area contributed by atoms with E-state index in [4.69, 9.17) is 42.9 Å². The maximum Gasteiger partial charge on any atom is 0.380 e. The van der Waals surface area contributed by atoms with Crippen molar-refractivity contribution < 1.29 is 18.6 Å². The molecule has 0 heterocycles. The largest absolute Gasteiger partial charge is 0.380 e. The summed E-state index contributed by atoms with van der Waals surface area (Å²) in [6.45, 7) is 4.44. The zero-order valence-electron chi connectivity index (χ0n) is 9.31. The fourth-order valence-electron chi connectivity index (χ4n) is 0.913. The summed E-state index contributed by atoms with van der Waals surface area (Å²) in [5, 5.41) is 0. The van der Waals surface area contributed by atoms with Crippen molar-refractivity contribution in [3.8, 4) is 12.3 Å². The summed E-state index contributed by atoms with van der Waals surface area (Å²) in [6.07, 6.45) is 3.21. The number of hydrogen-bond acceptors (Lipinski definition) is 4. The zero-order valence-corrected chi connectivity index (χ0v) is 11.7. The summed E-state index contributed by atoms with van der Waals surface area (Å²) >= 11 is 10.6. The SMILES string of the molecule is C#CCOCC(COCCC=C)OP(=O)(Cl)Cl. The molecule has 0 N–H and O–H groups in total. The minimum Gasteiger partial charge on any atom is -0.378 e. The van der Waals surface area contributed by atoms with Crippen molar-refractivity contribution in [2.75, 3.05) is 26.4 Å². The topological polar surface area (TPSA) is 44.8 Å². The summed E-state index contributed by atoms with van der Waals surface area (Å²) in [6, 6.07) is 0. The standard InChI is InChI=1S/C10H15Cl2O4P/c1-3-5-7-15-9-10(8-14-6-4-2)16-17(11,12)13/h2-3,10H,1,5-9H2. The van der Waals surface area contributed by atoms with Crippen LogP contribution in [0.25, 0.3) is 0 Å². The Morgan fingerprint density at radius 3 is 2.59 bits per heavy atom. The van der Waals surface area contributed by atoms with Gasteiger partial charge in [-0.05, 0) is 28.9 Å². The third-order valence-corrected chi connectivity index (χ3v) is 2.55. The van der Waals surface area contributed by atoms with Crippen LogP contribution in [-0.2, 0) is 18.6 Å². The normalized spacial score (nSPS) is 13.0. The molecule has 0 spiro atoms. The van der Waals surface area contributed by atoms with E-state index >= 15 is 0 Å². The van der Waals surface area contributed by atoms with E-state index < -0.39 is 12.2 Å². The predicted molar refractivity (Wildman–Crippen MR) is 69.5 cm³/mol. The molecule has 7 heteroatoms. The predicted octanol–water partition coefficient (Wildman–Crippen LogP) is 3.20. The van der Waals surface area contributed by atoms with Gasteiger partial charge >= 0.3 is 6.07 Å². The first-order valence-corrected chi connectivity index (χ1v) is 8.30. The molecule has 1 unspecified atom stereocenters. The highest BCUT2D eigenvalue weighted by molar-refractivity contribution is 8.05. The van der Waals surface area contributed by atoms with Crippen LogP contribution in [-0.4, -0.2) is 32.5 Å². The molecule has 0 saturated heterocycles. The van der Waals surface area contributed by atoms with Gasteiger partial charge in [0.05, 0.1) is 19.8 Å². The van der Waals surface area contributed by atoms with Gasteiger partial charge in [-0.1, -0.05) is 12.0 Å². The molecule has 0 aliphatic heterocycles. The Kier molecular flexibility index (Phi) is 9.96. The van der Waals surface area contributed by atoms with Gasteiger partial charge in [-0.2, -0.15) is 0 Å². The Balaban J connectivity index is 3.97. The highest BCUT2D eigenvalue weighted by atomic mass is 35.9. The van der Waals surface area contributed by atoms with Gasteiger partial charge in [-0.3, -0.25) is 9.09 Å². The maximum atomic E-state index is 11.1. The average Bonchev–Trinajstić information content (AvgIpc) is 2.22. The van der Waals surface area contributed by atoms with Gasteiger partial charge in [0.25, 0.3) is 0 Å². The fraction of sp³-hybridized carbons (Fsp3) is 0.600. The number of hydrogen-bond donors (Lipinski definition) is 0. The van der Waals surface area contributed by atoms with Crippen molar-refractivity contribution >= 4 is 28.6 Å². The number of rotatable bonds is 10. The van der Waals surface area contributed by atoms with Gasteiger partial charge in [0.1, 0.15) is 12.7 Å². The summed E-state index contributed by atoms with van der Waals surface area (Å²) in [5.74, 6) is 2.30. The Morgan fingerprint density at radius 1 is 1.41 bits per heavy atom. The second kappa shape index (κ2) is 9.96. The van der Waals surface area contributed by atoms with Crippen molar-refractivity contribution in [2.24, 2.45) is 0 Å². The minimum atomic E-state index is -3.61.